The zero-order valence-corrected chi connectivity index (χ0v) is 21.7. The topological polar surface area (TPSA) is 57.1 Å². The van der Waals surface area contributed by atoms with E-state index in [1.807, 2.05) is 85.8 Å². The molecule has 4 aromatic rings. The van der Waals surface area contributed by atoms with Gasteiger partial charge in [-0.2, -0.15) is 0 Å². The van der Waals surface area contributed by atoms with E-state index in [9.17, 15) is 4.79 Å². The van der Waals surface area contributed by atoms with E-state index in [4.69, 9.17) is 25.8 Å². The number of hydrogen-bond acceptors (Lipinski definition) is 5. The minimum absolute atomic E-state index is 0.208. The number of cyclic esters (lactones) is 1. The molecule has 1 heterocycles. The van der Waals surface area contributed by atoms with Gasteiger partial charge in [0.15, 0.2) is 17.2 Å². The predicted octanol–water partition coefficient (Wildman–Crippen LogP) is 7.58. The molecule has 7 heteroatoms. The molecule has 36 heavy (non-hydrogen) atoms. The van der Waals surface area contributed by atoms with Crippen LogP contribution in [-0.4, -0.2) is 18.5 Å². The van der Waals surface area contributed by atoms with Gasteiger partial charge in [0.1, 0.15) is 6.61 Å². The van der Waals surface area contributed by atoms with Gasteiger partial charge >= 0.3 is 5.97 Å². The van der Waals surface area contributed by atoms with Gasteiger partial charge in [0.25, 0.3) is 0 Å². The van der Waals surface area contributed by atoms with Gasteiger partial charge in [-0.05, 0) is 87.2 Å². The van der Waals surface area contributed by atoms with Crippen LogP contribution >= 0.6 is 27.5 Å². The molecule has 0 saturated heterocycles. The second kappa shape index (κ2) is 10.6. The molecule has 0 N–H and O–H groups in total. The quantitative estimate of drug-likeness (QED) is 0.172. The van der Waals surface area contributed by atoms with Gasteiger partial charge in [-0.15, -0.1) is 0 Å². The van der Waals surface area contributed by atoms with Crippen LogP contribution in [0.3, 0.4) is 0 Å². The molecule has 0 atom stereocenters. The first-order valence-electron chi connectivity index (χ1n) is 11.4. The van der Waals surface area contributed by atoms with E-state index in [0.717, 1.165) is 27.5 Å². The zero-order chi connectivity index (χ0) is 25.1. The van der Waals surface area contributed by atoms with Gasteiger partial charge in [-0.25, -0.2) is 9.79 Å². The maximum atomic E-state index is 12.6. The summed E-state index contributed by atoms with van der Waals surface area (Å²) < 4.78 is 18.0. The van der Waals surface area contributed by atoms with E-state index in [1.165, 1.54) is 0 Å². The fourth-order valence-corrected chi connectivity index (χ4v) is 4.66. The van der Waals surface area contributed by atoms with E-state index in [-0.39, 0.29) is 11.6 Å². The standard InChI is InChI=1S/C29H21BrClNO4/c1-2-34-26-15-19(13-24(30)27(26)35-17-18-6-5-9-23(31)12-18)14-25-29(33)36-28(32-25)22-11-10-20-7-3-4-8-21(20)16-22/h3-16H,2,17H2,1H3. The summed E-state index contributed by atoms with van der Waals surface area (Å²) in [7, 11) is 0. The summed E-state index contributed by atoms with van der Waals surface area (Å²) in [4.78, 5) is 17.1. The van der Waals surface area contributed by atoms with Crippen LogP contribution in [0.2, 0.25) is 5.02 Å². The molecule has 0 spiro atoms. The lowest BCUT2D eigenvalue weighted by molar-refractivity contribution is -0.129. The third-order valence-electron chi connectivity index (χ3n) is 5.52. The van der Waals surface area contributed by atoms with E-state index < -0.39 is 5.97 Å². The summed E-state index contributed by atoms with van der Waals surface area (Å²) >= 11 is 9.66. The summed E-state index contributed by atoms with van der Waals surface area (Å²) in [5.41, 5.74) is 2.61. The number of nitrogens with zero attached hydrogens (tertiary/aromatic N) is 1. The molecule has 1 aliphatic rings. The number of rotatable bonds is 7. The maximum Gasteiger partial charge on any atom is 0.363 e. The number of esters is 1. The first-order chi connectivity index (χ1) is 17.5. The average molecular weight is 563 g/mol. The van der Waals surface area contributed by atoms with Gasteiger partial charge in [0, 0.05) is 10.6 Å². The number of carbonyl (C=O) groups excluding carboxylic acids is 1. The lowest BCUT2D eigenvalue weighted by Crippen LogP contribution is -2.05. The first kappa shape index (κ1) is 24.1. The molecule has 0 saturated carbocycles. The largest absolute Gasteiger partial charge is 0.490 e. The Morgan fingerprint density at radius 2 is 1.81 bits per heavy atom. The predicted molar refractivity (Wildman–Crippen MR) is 146 cm³/mol. The molecule has 0 fully saturated rings. The Kier molecular flexibility index (Phi) is 7.07. The highest BCUT2D eigenvalue weighted by Gasteiger charge is 2.25. The molecule has 5 nitrogen and oxygen atoms in total. The van der Waals surface area contributed by atoms with Crippen molar-refractivity contribution in [1.29, 1.82) is 0 Å². The molecule has 5 rings (SSSR count). The van der Waals surface area contributed by atoms with Crippen LogP contribution in [0.25, 0.3) is 16.8 Å². The normalized spacial score (nSPS) is 14.1. The number of halogens is 2. The molecule has 0 aromatic heterocycles. The SMILES string of the molecule is CCOc1cc(C=C2N=C(c3ccc4ccccc4c3)OC2=O)cc(Br)c1OCc1cccc(Cl)c1. The van der Waals surface area contributed by atoms with Crippen LogP contribution in [0.4, 0.5) is 0 Å². The lowest BCUT2D eigenvalue weighted by Gasteiger charge is -2.15. The summed E-state index contributed by atoms with van der Waals surface area (Å²) in [5.74, 6) is 0.885. The van der Waals surface area contributed by atoms with Gasteiger partial charge in [0.2, 0.25) is 5.90 Å². The van der Waals surface area contributed by atoms with E-state index in [0.29, 0.717) is 34.2 Å². The van der Waals surface area contributed by atoms with Gasteiger partial charge in [-0.1, -0.05) is 54.1 Å². The monoisotopic (exact) mass is 561 g/mol. The van der Waals surface area contributed by atoms with Crippen LogP contribution < -0.4 is 9.47 Å². The van der Waals surface area contributed by atoms with Crippen molar-refractivity contribution in [2.75, 3.05) is 6.61 Å². The van der Waals surface area contributed by atoms with Crippen molar-refractivity contribution < 1.29 is 19.0 Å². The van der Waals surface area contributed by atoms with Crippen molar-refractivity contribution >= 4 is 56.2 Å². The van der Waals surface area contributed by atoms with Crippen LogP contribution in [0.15, 0.2) is 94.0 Å². The number of ether oxygens (including phenoxy) is 3. The highest BCUT2D eigenvalue weighted by molar-refractivity contribution is 9.10. The Bertz CT molecular complexity index is 1530. The molecule has 0 bridgehead atoms. The number of hydrogen-bond donors (Lipinski definition) is 0. The Morgan fingerprint density at radius 1 is 0.972 bits per heavy atom. The molecule has 0 unspecified atom stereocenters. The van der Waals surface area contributed by atoms with Gasteiger partial charge < -0.3 is 14.2 Å². The van der Waals surface area contributed by atoms with Crippen molar-refractivity contribution in [3.05, 3.63) is 111 Å². The number of benzene rings is 4. The van der Waals surface area contributed by atoms with E-state index in [2.05, 4.69) is 20.9 Å². The summed E-state index contributed by atoms with van der Waals surface area (Å²) in [6.45, 7) is 2.67. The van der Waals surface area contributed by atoms with Crippen LogP contribution in [0.5, 0.6) is 11.5 Å². The minimum Gasteiger partial charge on any atom is -0.490 e. The molecular weight excluding hydrogens is 542 g/mol. The van der Waals surface area contributed by atoms with Crippen molar-refractivity contribution in [3.63, 3.8) is 0 Å². The van der Waals surface area contributed by atoms with Crippen molar-refractivity contribution in [2.45, 2.75) is 13.5 Å². The smallest absolute Gasteiger partial charge is 0.363 e. The molecule has 0 radical (unpaired) electrons. The average Bonchev–Trinajstić information content (AvgIpc) is 3.23. The second-order valence-corrected chi connectivity index (χ2v) is 9.37. The van der Waals surface area contributed by atoms with Crippen molar-refractivity contribution in [1.82, 2.24) is 0 Å². The van der Waals surface area contributed by atoms with Crippen LogP contribution in [0.1, 0.15) is 23.6 Å². The Hall–Kier alpha value is -3.61. The van der Waals surface area contributed by atoms with Crippen molar-refractivity contribution in [3.8, 4) is 11.5 Å². The highest BCUT2D eigenvalue weighted by Crippen LogP contribution is 2.38. The summed E-state index contributed by atoms with van der Waals surface area (Å²) in [6.07, 6.45) is 1.67. The van der Waals surface area contributed by atoms with Crippen LogP contribution in [0, 0.1) is 0 Å². The fraction of sp³-hybridized carbons (Fsp3) is 0.103. The Balaban J connectivity index is 1.42. The third kappa shape index (κ3) is 5.30. The van der Waals surface area contributed by atoms with Crippen LogP contribution in [-0.2, 0) is 16.1 Å². The number of carbonyl (C=O) groups is 1. The molecule has 0 amide bonds. The number of fused-ring (bicyclic) bond motifs is 1. The Labute approximate surface area is 222 Å². The molecular formula is C29H21BrClNO4. The molecule has 1 aliphatic heterocycles. The first-order valence-corrected chi connectivity index (χ1v) is 12.5. The second-order valence-electron chi connectivity index (χ2n) is 8.08. The van der Waals surface area contributed by atoms with Gasteiger partial charge in [-0.3, -0.25) is 0 Å². The zero-order valence-electron chi connectivity index (χ0n) is 19.3. The fourth-order valence-electron chi connectivity index (χ4n) is 3.87. The molecule has 0 aliphatic carbocycles. The Morgan fingerprint density at radius 3 is 2.61 bits per heavy atom. The highest BCUT2D eigenvalue weighted by atomic mass is 79.9. The van der Waals surface area contributed by atoms with E-state index >= 15 is 0 Å². The lowest BCUT2D eigenvalue weighted by atomic mass is 10.1. The maximum absolute atomic E-state index is 12.6. The third-order valence-corrected chi connectivity index (χ3v) is 6.35. The molecule has 180 valence electrons. The van der Waals surface area contributed by atoms with Crippen molar-refractivity contribution in [2.24, 2.45) is 4.99 Å². The van der Waals surface area contributed by atoms with Gasteiger partial charge in [0.05, 0.1) is 11.1 Å². The number of aliphatic imine (C=N–C) groups is 1. The minimum atomic E-state index is -0.506. The summed E-state index contributed by atoms with van der Waals surface area (Å²) in [6, 6.07) is 25.0. The van der Waals surface area contributed by atoms with E-state index in [1.54, 1.807) is 6.08 Å². The molecule has 4 aromatic carbocycles. The summed E-state index contributed by atoms with van der Waals surface area (Å²) in [5, 5.41) is 2.80.